The number of thioether (sulfide) groups is 2. The Kier molecular flexibility index (Phi) is 21.6. The Balaban J connectivity index is 0.000000785. The van der Waals surface area contributed by atoms with Crippen LogP contribution in [0.15, 0.2) is 0 Å². The molecule has 7 atom stereocenters. The molecule has 2 aliphatic carbocycles. The first-order valence-electron chi connectivity index (χ1n) is 12.5. The molecule has 222 valence electrons. The summed E-state index contributed by atoms with van der Waals surface area (Å²) in [4.78, 5) is 58.6. The molecule has 0 bridgehead atoms. The third kappa shape index (κ3) is 13.4. The maximum Gasteiger partial charge on any atom is 0.328 e. The molecule has 1 saturated heterocycles. The summed E-state index contributed by atoms with van der Waals surface area (Å²) < 4.78 is 4.70. The van der Waals surface area contributed by atoms with Gasteiger partial charge in [0.1, 0.15) is 17.6 Å². The van der Waals surface area contributed by atoms with E-state index >= 15 is 0 Å². The van der Waals surface area contributed by atoms with Crippen LogP contribution in [0.4, 0.5) is 0 Å². The summed E-state index contributed by atoms with van der Waals surface area (Å²) in [6.07, 6.45) is 1.60. The van der Waals surface area contributed by atoms with E-state index in [1.165, 1.54) is 35.5 Å². The third-order valence-electron chi connectivity index (χ3n) is 6.71. The number of carboxylic acid groups (broad SMARTS) is 1. The van der Waals surface area contributed by atoms with Crippen molar-refractivity contribution >= 4 is 52.9 Å². The number of esters is 1. The normalized spacial score (nSPS) is 27.1. The van der Waals surface area contributed by atoms with E-state index < -0.39 is 42.3 Å². The van der Waals surface area contributed by atoms with Crippen molar-refractivity contribution in [1.82, 2.24) is 4.90 Å². The third-order valence-corrected chi connectivity index (χ3v) is 9.12. The van der Waals surface area contributed by atoms with E-state index in [0.29, 0.717) is 37.3 Å². The van der Waals surface area contributed by atoms with E-state index in [4.69, 9.17) is 21.3 Å². The Hall–Kier alpha value is 1.17. The smallest absolute Gasteiger partial charge is 0.328 e. The first-order chi connectivity index (χ1) is 17.9. The van der Waals surface area contributed by atoms with Crippen LogP contribution in [-0.2, 0) is 28.7 Å². The van der Waals surface area contributed by atoms with Gasteiger partial charge in [-0.2, -0.15) is 23.5 Å². The second-order valence-corrected chi connectivity index (χ2v) is 11.9. The fourth-order valence-corrected chi connectivity index (χ4v) is 6.86. The van der Waals surface area contributed by atoms with Gasteiger partial charge in [-0.15, -0.1) is 0 Å². The molecule has 12 nitrogen and oxygen atoms in total. The number of aliphatic carboxylic acids is 1. The zero-order valence-electron chi connectivity index (χ0n) is 22.5. The minimum absolute atomic E-state index is 0. The van der Waals surface area contributed by atoms with Crippen molar-refractivity contribution < 1.29 is 132 Å². The predicted octanol–water partition coefficient (Wildman–Crippen LogP) is 1.21. The van der Waals surface area contributed by atoms with E-state index in [9.17, 15) is 34.2 Å². The number of methoxy groups -OCH3 is 1. The van der Waals surface area contributed by atoms with Crippen molar-refractivity contribution in [2.75, 3.05) is 36.7 Å². The number of aliphatic hydroxyl groups is 2. The van der Waals surface area contributed by atoms with Crippen LogP contribution in [-0.4, -0.2) is 117 Å². The summed E-state index contributed by atoms with van der Waals surface area (Å²) in [5.74, 6) is -0.645. The average molecular weight is 1030 g/mol. The number of carbonyl (C=O) groups is 5. The number of amides is 1. The van der Waals surface area contributed by atoms with Gasteiger partial charge in [0.05, 0.1) is 19.3 Å². The minimum Gasteiger partial charge on any atom is -0.666 e. The standard InChI is InChI=1S/C15H23N2O5S.C9H14NO4S.2Ac/c1-22-15(21)12-3-2-4-17(12)14(20)11(16)8-23-7-9-5-10(18)6-13(9)19;10-7(9(13)14)4-15-3-5-1-6(11)2-8(5)12;;/h9-12,16,18H,2-8H2,1H3;5-7,10-11H,1-4H2,(H,13,14);;/q2*-1;;. The zero-order valence-corrected chi connectivity index (χ0v) is 33.7. The Labute approximate surface area is 314 Å². The molecule has 5 N–H and O–H groups in total. The van der Waals surface area contributed by atoms with Crippen LogP contribution >= 0.6 is 23.5 Å². The number of nitrogens with zero attached hydrogens (tertiary/aromatic N) is 1. The number of carbonyl (C=O) groups excluding carboxylic acids is 4. The van der Waals surface area contributed by atoms with Crippen LogP contribution in [0.2, 0.25) is 0 Å². The molecule has 7 unspecified atom stereocenters. The quantitative estimate of drug-likeness (QED) is 0.251. The fourth-order valence-electron chi connectivity index (χ4n) is 4.62. The van der Waals surface area contributed by atoms with Gasteiger partial charge < -0.3 is 36.4 Å². The van der Waals surface area contributed by atoms with Gasteiger partial charge in [-0.05, 0) is 49.3 Å². The Bertz CT molecular complexity index is 873. The summed E-state index contributed by atoms with van der Waals surface area (Å²) in [7, 11) is 1.30. The Morgan fingerprint density at radius 3 is 1.82 bits per heavy atom. The zero-order chi connectivity index (χ0) is 28.4. The molecule has 16 heteroatoms. The molecule has 0 aromatic heterocycles. The van der Waals surface area contributed by atoms with Crippen molar-refractivity contribution in [3.05, 3.63) is 11.5 Å². The summed E-state index contributed by atoms with van der Waals surface area (Å²) in [6.45, 7) is 0.478. The first kappa shape index (κ1) is 41.2. The molecule has 1 heterocycles. The van der Waals surface area contributed by atoms with Crippen LogP contribution in [0.25, 0.3) is 11.5 Å². The van der Waals surface area contributed by atoms with Gasteiger partial charge in [0.15, 0.2) is 0 Å². The molecule has 2 saturated carbocycles. The maximum atomic E-state index is 12.3. The number of ether oxygens (including phenoxy) is 1. The number of ketones is 2. The molecule has 2 radical (unpaired) electrons. The fraction of sp³-hybridized carbons (Fsp3) is 0.792. The van der Waals surface area contributed by atoms with Crippen LogP contribution in [0, 0.1) is 100.0 Å². The molecule has 1 aliphatic heterocycles. The summed E-state index contributed by atoms with van der Waals surface area (Å²) in [6, 6.07) is -2.65. The first-order valence-corrected chi connectivity index (χ1v) is 14.9. The molecule has 1 amide bonds. The monoisotopic (exact) mass is 1030 g/mol. The Morgan fingerprint density at radius 1 is 0.950 bits per heavy atom. The molecule has 0 aromatic carbocycles. The van der Waals surface area contributed by atoms with Crippen LogP contribution in [0.3, 0.4) is 0 Å². The van der Waals surface area contributed by atoms with Gasteiger partial charge in [-0.3, -0.25) is 19.2 Å². The second-order valence-electron chi connectivity index (χ2n) is 9.74. The van der Waals surface area contributed by atoms with Gasteiger partial charge in [-0.25, -0.2) is 4.79 Å². The average Bonchev–Trinajstić information content (AvgIpc) is 3.56. The van der Waals surface area contributed by atoms with Crippen molar-refractivity contribution in [2.24, 2.45) is 11.8 Å². The van der Waals surface area contributed by atoms with E-state index in [1.54, 1.807) is 0 Å². The van der Waals surface area contributed by atoms with Gasteiger partial charge >= 0.3 is 5.97 Å². The van der Waals surface area contributed by atoms with E-state index in [1.807, 2.05) is 0 Å². The van der Waals surface area contributed by atoms with Crippen molar-refractivity contribution in [3.63, 3.8) is 0 Å². The number of aliphatic hydroxyl groups excluding tert-OH is 2. The number of likely N-dealkylation sites (tertiary alicyclic amines) is 1. The second kappa shape index (κ2) is 21.0. The number of carboxylic acids is 1. The SMILES string of the molecule is COC(=O)C1CCCN1C(=O)C([NH-])CSCC1CC(O)CC1=O.[Ac].[Ac].[NH-]C(CSCC1CC(O)CC1=O)C(=O)O. The van der Waals surface area contributed by atoms with Gasteiger partial charge in [-0.1, -0.05) is 0 Å². The van der Waals surface area contributed by atoms with Crippen molar-refractivity contribution in [1.29, 1.82) is 0 Å². The Morgan fingerprint density at radius 2 is 1.43 bits per heavy atom. The largest absolute Gasteiger partial charge is 0.666 e. The van der Waals surface area contributed by atoms with Crippen molar-refractivity contribution in [2.45, 2.75) is 68.9 Å². The summed E-state index contributed by atoms with van der Waals surface area (Å²) >= 11 is 2.68. The number of Topliss-reactive ketones (excluding diaryl/α,β-unsaturated/α-hetero) is 2. The molecule has 0 spiro atoms. The number of hydrogen-bond donors (Lipinski definition) is 3. The topological polar surface area (TPSA) is 206 Å². The van der Waals surface area contributed by atoms with Gasteiger partial charge in [0.25, 0.3) is 5.97 Å². The molecule has 3 aliphatic rings. The molecule has 0 aromatic rings. The number of rotatable bonds is 11. The predicted molar refractivity (Wildman–Crippen MR) is 143 cm³/mol. The van der Waals surface area contributed by atoms with E-state index in [-0.39, 0.29) is 142 Å². The van der Waals surface area contributed by atoms with Crippen molar-refractivity contribution in [3.8, 4) is 0 Å². The molecule has 40 heavy (non-hydrogen) atoms. The summed E-state index contributed by atoms with van der Waals surface area (Å²) in [5.41, 5.74) is 15.1. The van der Waals surface area contributed by atoms with Crippen LogP contribution in [0.5, 0.6) is 0 Å². The van der Waals surface area contributed by atoms with Crippen LogP contribution in [0.1, 0.15) is 38.5 Å². The molecular weight excluding hydrogens is 992 g/mol. The van der Waals surface area contributed by atoms with E-state index in [2.05, 4.69) is 0 Å². The van der Waals surface area contributed by atoms with Gasteiger partial charge in [0.2, 0.25) is 5.91 Å². The number of hydrogen-bond acceptors (Lipinski definition) is 10. The molecule has 3 rings (SSSR count). The summed E-state index contributed by atoms with van der Waals surface area (Å²) in [5, 5.41) is 27.1. The van der Waals surface area contributed by atoms with Gasteiger partial charge in [0, 0.05) is 131 Å². The van der Waals surface area contributed by atoms with E-state index in [0.717, 1.165) is 6.42 Å². The molecule has 3 fully saturated rings. The molecular formula is C24H37Ac2N3O9S2-2. The van der Waals surface area contributed by atoms with Crippen LogP contribution < -0.4 is 0 Å². The maximum absolute atomic E-state index is 12.3. The minimum atomic E-state index is -1.14. The number of nitrogens with one attached hydrogen (secondary N) is 2.